The van der Waals surface area contributed by atoms with Crippen molar-refractivity contribution >= 4 is 17.7 Å². The van der Waals surface area contributed by atoms with Crippen LogP contribution < -0.4 is 0 Å². The number of carboxylic acids is 1. The van der Waals surface area contributed by atoms with Gasteiger partial charge in [0.25, 0.3) is 0 Å². The topological polar surface area (TPSA) is 80.7 Å². The molecule has 0 aliphatic heterocycles. The van der Waals surface area contributed by atoms with Crippen LogP contribution in [0, 0.1) is 11.3 Å². The SMILES string of the molecule is CCC(CC)(CC(=O)c1ccc(-c2ccccc2)cc1)C(C(=O)O)C(=O)OC(C)(C)C. The van der Waals surface area contributed by atoms with Gasteiger partial charge in [-0.1, -0.05) is 68.4 Å². The van der Waals surface area contributed by atoms with Crippen LogP contribution in [0.2, 0.25) is 0 Å². The number of hydrogen-bond acceptors (Lipinski definition) is 4. The van der Waals surface area contributed by atoms with E-state index in [4.69, 9.17) is 4.74 Å². The summed E-state index contributed by atoms with van der Waals surface area (Å²) in [4.78, 5) is 38.0. The molecule has 1 unspecified atom stereocenters. The number of carbonyl (C=O) groups is 3. The van der Waals surface area contributed by atoms with Crippen molar-refractivity contribution in [1.29, 1.82) is 0 Å². The van der Waals surface area contributed by atoms with Crippen LogP contribution in [0.3, 0.4) is 0 Å². The van der Waals surface area contributed by atoms with Crippen molar-refractivity contribution in [3.8, 4) is 11.1 Å². The van der Waals surface area contributed by atoms with Gasteiger partial charge in [-0.2, -0.15) is 0 Å². The number of benzene rings is 2. The molecule has 0 bridgehead atoms. The molecule has 31 heavy (non-hydrogen) atoms. The van der Waals surface area contributed by atoms with Gasteiger partial charge in [0, 0.05) is 17.4 Å². The average molecular weight is 425 g/mol. The van der Waals surface area contributed by atoms with E-state index in [1.165, 1.54) is 0 Å². The maximum atomic E-state index is 13.1. The molecule has 5 heteroatoms. The number of ketones is 1. The summed E-state index contributed by atoms with van der Waals surface area (Å²) in [5.74, 6) is -3.64. The molecule has 0 saturated carbocycles. The lowest BCUT2D eigenvalue weighted by atomic mass is 9.67. The molecular weight excluding hydrogens is 392 g/mol. The predicted molar refractivity (Wildman–Crippen MR) is 121 cm³/mol. The molecule has 0 spiro atoms. The van der Waals surface area contributed by atoms with Gasteiger partial charge in [-0.15, -0.1) is 0 Å². The number of carbonyl (C=O) groups excluding carboxylic acids is 2. The molecule has 0 fully saturated rings. The van der Waals surface area contributed by atoms with Crippen LogP contribution in [0.25, 0.3) is 11.1 Å². The Balaban J connectivity index is 2.30. The number of rotatable bonds is 9. The molecule has 0 aliphatic rings. The van der Waals surface area contributed by atoms with E-state index in [1.807, 2.05) is 56.3 Å². The van der Waals surface area contributed by atoms with E-state index in [9.17, 15) is 19.5 Å². The molecule has 2 aromatic rings. The zero-order valence-corrected chi connectivity index (χ0v) is 19.0. The van der Waals surface area contributed by atoms with Crippen molar-refractivity contribution in [2.45, 2.75) is 59.5 Å². The number of Topliss-reactive ketones (excluding diaryl/α,β-unsaturated/α-hetero) is 1. The van der Waals surface area contributed by atoms with Gasteiger partial charge < -0.3 is 9.84 Å². The minimum Gasteiger partial charge on any atom is -0.481 e. The first-order valence-electron chi connectivity index (χ1n) is 10.7. The van der Waals surface area contributed by atoms with Gasteiger partial charge in [0.15, 0.2) is 11.7 Å². The summed E-state index contributed by atoms with van der Waals surface area (Å²) >= 11 is 0. The first-order chi connectivity index (χ1) is 14.5. The van der Waals surface area contributed by atoms with Crippen molar-refractivity contribution in [2.24, 2.45) is 11.3 Å². The largest absolute Gasteiger partial charge is 0.481 e. The lowest BCUT2D eigenvalue weighted by Crippen LogP contribution is -2.45. The second-order valence-electron chi connectivity index (χ2n) is 8.92. The smallest absolute Gasteiger partial charge is 0.321 e. The molecular formula is C26H32O5. The zero-order chi connectivity index (χ0) is 23.2. The molecule has 0 amide bonds. The van der Waals surface area contributed by atoms with Crippen LogP contribution in [0.4, 0.5) is 0 Å². The zero-order valence-electron chi connectivity index (χ0n) is 19.0. The Morgan fingerprint density at radius 2 is 1.39 bits per heavy atom. The van der Waals surface area contributed by atoms with Crippen LogP contribution in [0.5, 0.6) is 0 Å². The standard InChI is InChI=1S/C26H32O5/c1-6-26(7-2,22(23(28)29)24(30)31-25(3,4)5)17-21(27)20-15-13-19(14-16-20)18-11-9-8-10-12-18/h8-16,22H,6-7,17H2,1-5H3,(H,28,29). The summed E-state index contributed by atoms with van der Waals surface area (Å²) in [6.45, 7) is 8.72. The first kappa shape index (κ1) is 24.3. The molecule has 5 nitrogen and oxygen atoms in total. The predicted octanol–water partition coefficient (Wildman–Crippen LogP) is 5.78. The van der Waals surface area contributed by atoms with Crippen molar-refractivity contribution in [2.75, 3.05) is 0 Å². The van der Waals surface area contributed by atoms with Crippen molar-refractivity contribution in [3.63, 3.8) is 0 Å². The molecule has 2 rings (SSSR count). The van der Waals surface area contributed by atoms with E-state index >= 15 is 0 Å². The fourth-order valence-corrected chi connectivity index (χ4v) is 3.88. The molecule has 0 saturated heterocycles. The van der Waals surface area contributed by atoms with Gasteiger partial charge in [-0.05, 0) is 44.7 Å². The van der Waals surface area contributed by atoms with Crippen LogP contribution in [0.1, 0.15) is 64.2 Å². The Hall–Kier alpha value is -2.95. The van der Waals surface area contributed by atoms with E-state index in [2.05, 4.69) is 0 Å². The van der Waals surface area contributed by atoms with Crippen LogP contribution in [-0.4, -0.2) is 28.4 Å². The molecule has 166 valence electrons. The fourth-order valence-electron chi connectivity index (χ4n) is 3.88. The summed E-state index contributed by atoms with van der Waals surface area (Å²) in [5, 5.41) is 9.87. The molecule has 1 atom stereocenters. The Kier molecular flexibility index (Phi) is 7.77. The van der Waals surface area contributed by atoms with Crippen LogP contribution >= 0.6 is 0 Å². The van der Waals surface area contributed by atoms with Crippen LogP contribution in [0.15, 0.2) is 54.6 Å². The number of ether oxygens (including phenoxy) is 1. The minimum atomic E-state index is -1.41. The lowest BCUT2D eigenvalue weighted by Gasteiger charge is -2.36. The Labute approximate surface area is 184 Å². The van der Waals surface area contributed by atoms with Gasteiger partial charge in [0.05, 0.1) is 0 Å². The van der Waals surface area contributed by atoms with E-state index < -0.39 is 28.9 Å². The maximum absolute atomic E-state index is 13.1. The van der Waals surface area contributed by atoms with Crippen molar-refractivity contribution < 1.29 is 24.2 Å². The summed E-state index contributed by atoms with van der Waals surface area (Å²) in [6.07, 6.45) is 0.696. The van der Waals surface area contributed by atoms with E-state index in [1.54, 1.807) is 32.9 Å². The van der Waals surface area contributed by atoms with Crippen molar-refractivity contribution in [3.05, 3.63) is 60.2 Å². The molecule has 0 heterocycles. The average Bonchev–Trinajstić information content (AvgIpc) is 2.72. The second-order valence-corrected chi connectivity index (χ2v) is 8.92. The highest BCUT2D eigenvalue weighted by Gasteiger charge is 2.48. The summed E-state index contributed by atoms with van der Waals surface area (Å²) in [6, 6.07) is 17.1. The normalized spacial score (nSPS) is 12.8. The Bertz CT molecular complexity index is 903. The summed E-state index contributed by atoms with van der Waals surface area (Å²) < 4.78 is 5.39. The quantitative estimate of drug-likeness (QED) is 0.314. The number of aliphatic carboxylic acids is 1. The Morgan fingerprint density at radius 3 is 1.84 bits per heavy atom. The maximum Gasteiger partial charge on any atom is 0.321 e. The van der Waals surface area contributed by atoms with Gasteiger partial charge >= 0.3 is 11.9 Å². The first-order valence-corrected chi connectivity index (χ1v) is 10.7. The van der Waals surface area contributed by atoms with Crippen molar-refractivity contribution in [1.82, 2.24) is 0 Å². The van der Waals surface area contributed by atoms with Gasteiger partial charge in [0.2, 0.25) is 0 Å². The lowest BCUT2D eigenvalue weighted by molar-refractivity contribution is -0.173. The third-order valence-corrected chi connectivity index (χ3v) is 5.74. The molecule has 2 aromatic carbocycles. The van der Waals surface area contributed by atoms with Crippen LogP contribution in [-0.2, 0) is 14.3 Å². The summed E-state index contributed by atoms with van der Waals surface area (Å²) in [7, 11) is 0. The minimum absolute atomic E-state index is 0.0408. The third-order valence-electron chi connectivity index (χ3n) is 5.74. The number of hydrogen-bond donors (Lipinski definition) is 1. The summed E-state index contributed by atoms with van der Waals surface area (Å²) in [5.41, 5.74) is 0.707. The van der Waals surface area contributed by atoms with Gasteiger partial charge in [-0.25, -0.2) is 0 Å². The van der Waals surface area contributed by atoms with E-state index in [0.717, 1.165) is 11.1 Å². The van der Waals surface area contributed by atoms with Gasteiger partial charge in [-0.3, -0.25) is 14.4 Å². The fraction of sp³-hybridized carbons (Fsp3) is 0.423. The van der Waals surface area contributed by atoms with Gasteiger partial charge in [0.1, 0.15) is 5.60 Å². The van der Waals surface area contributed by atoms with E-state index in [0.29, 0.717) is 18.4 Å². The second kappa shape index (κ2) is 9.90. The number of esters is 1. The monoisotopic (exact) mass is 424 g/mol. The molecule has 0 radical (unpaired) electrons. The molecule has 0 aliphatic carbocycles. The highest BCUT2D eigenvalue weighted by Crippen LogP contribution is 2.41. The highest BCUT2D eigenvalue weighted by molar-refractivity contribution is 6.00. The Morgan fingerprint density at radius 1 is 0.871 bits per heavy atom. The molecule has 1 N–H and O–H groups in total. The highest BCUT2D eigenvalue weighted by atomic mass is 16.6. The third kappa shape index (κ3) is 6.03. The molecule has 0 aromatic heterocycles. The number of carboxylic acid groups (broad SMARTS) is 1. The van der Waals surface area contributed by atoms with E-state index in [-0.39, 0.29) is 12.2 Å².